The summed E-state index contributed by atoms with van der Waals surface area (Å²) in [6, 6.07) is 17.2. The van der Waals surface area contributed by atoms with Crippen LogP contribution in [0, 0.1) is 21.4 Å². The van der Waals surface area contributed by atoms with Gasteiger partial charge < -0.3 is 19.5 Å². The number of benzene rings is 3. The van der Waals surface area contributed by atoms with Crippen molar-refractivity contribution in [3.63, 3.8) is 0 Å². The van der Waals surface area contributed by atoms with E-state index in [-0.39, 0.29) is 17.9 Å². The van der Waals surface area contributed by atoms with Crippen molar-refractivity contribution >= 4 is 45.3 Å². The molecule has 0 saturated carbocycles. The molecule has 0 aliphatic heterocycles. The fourth-order valence-electron chi connectivity index (χ4n) is 3.16. The predicted molar refractivity (Wildman–Crippen MR) is 138 cm³/mol. The van der Waals surface area contributed by atoms with Crippen molar-refractivity contribution in [2.24, 2.45) is 0 Å². The largest absolute Gasteiger partial charge is 0.493 e. The molecule has 0 atom stereocenters. The fourth-order valence-corrected chi connectivity index (χ4v) is 3.60. The van der Waals surface area contributed by atoms with E-state index in [0.29, 0.717) is 38.3 Å². The Kier molecular flexibility index (Phi) is 8.96. The summed E-state index contributed by atoms with van der Waals surface area (Å²) in [6.45, 7) is 0.0558. The van der Waals surface area contributed by atoms with Crippen LogP contribution in [0.15, 0.2) is 70.7 Å². The Morgan fingerprint density at radius 1 is 1.11 bits per heavy atom. The van der Waals surface area contributed by atoms with E-state index in [1.165, 1.54) is 56.7 Å². The van der Waals surface area contributed by atoms with Crippen LogP contribution in [0.1, 0.15) is 21.5 Å². The molecule has 0 saturated heterocycles. The summed E-state index contributed by atoms with van der Waals surface area (Å²) >= 11 is 3.42. The van der Waals surface area contributed by atoms with Crippen molar-refractivity contribution in [2.75, 3.05) is 19.5 Å². The first-order valence-electron chi connectivity index (χ1n) is 10.6. The number of methoxy groups -OCH3 is 2. The van der Waals surface area contributed by atoms with Gasteiger partial charge in [0.1, 0.15) is 18.2 Å². The molecule has 3 rings (SSSR count). The molecule has 3 aromatic rings. The Hall–Kier alpha value is -4.69. The monoisotopic (exact) mass is 565 g/mol. The molecule has 0 aromatic heterocycles. The third-order valence-electron chi connectivity index (χ3n) is 5.03. The lowest BCUT2D eigenvalue weighted by molar-refractivity contribution is -0.384. The Morgan fingerprint density at radius 2 is 1.84 bits per heavy atom. The van der Waals surface area contributed by atoms with Gasteiger partial charge in [0.2, 0.25) is 0 Å². The van der Waals surface area contributed by atoms with E-state index in [1.54, 1.807) is 24.3 Å². The minimum absolute atomic E-state index is 0.0450. The highest BCUT2D eigenvalue weighted by molar-refractivity contribution is 9.10. The number of halogens is 1. The van der Waals surface area contributed by atoms with Crippen LogP contribution in [0.3, 0.4) is 0 Å². The molecular weight excluding hydrogens is 546 g/mol. The Bertz CT molecular complexity index is 1410. The molecule has 0 radical (unpaired) electrons. The third kappa shape index (κ3) is 6.93. The number of carbonyl (C=O) groups is 2. The van der Waals surface area contributed by atoms with Crippen LogP contribution in [-0.2, 0) is 16.1 Å². The van der Waals surface area contributed by atoms with E-state index >= 15 is 0 Å². The normalized spacial score (nSPS) is 10.7. The summed E-state index contributed by atoms with van der Waals surface area (Å²) < 4.78 is 16.4. The van der Waals surface area contributed by atoms with Crippen LogP contribution in [-0.4, -0.2) is 31.0 Å². The van der Waals surface area contributed by atoms with Gasteiger partial charge in [-0.1, -0.05) is 28.1 Å². The highest BCUT2D eigenvalue weighted by atomic mass is 79.9. The van der Waals surface area contributed by atoms with Crippen molar-refractivity contribution in [3.8, 4) is 17.6 Å². The highest BCUT2D eigenvalue weighted by Crippen LogP contribution is 2.35. The molecule has 188 valence electrons. The molecule has 0 heterocycles. The van der Waals surface area contributed by atoms with E-state index in [1.807, 2.05) is 6.07 Å². The van der Waals surface area contributed by atoms with Crippen LogP contribution >= 0.6 is 15.9 Å². The van der Waals surface area contributed by atoms with Crippen molar-refractivity contribution in [3.05, 3.63) is 97.5 Å². The maximum Gasteiger partial charge on any atom is 0.337 e. The topological polar surface area (TPSA) is 141 Å². The van der Waals surface area contributed by atoms with Gasteiger partial charge in [-0.25, -0.2) is 4.79 Å². The molecule has 1 N–H and O–H groups in total. The number of nitrogens with one attached hydrogen (secondary N) is 1. The van der Waals surface area contributed by atoms with Gasteiger partial charge >= 0.3 is 5.97 Å². The number of rotatable bonds is 9. The zero-order valence-corrected chi connectivity index (χ0v) is 21.3. The van der Waals surface area contributed by atoms with E-state index in [2.05, 4.69) is 26.0 Å². The van der Waals surface area contributed by atoms with Gasteiger partial charge in [-0.3, -0.25) is 14.9 Å². The van der Waals surface area contributed by atoms with Gasteiger partial charge in [0.05, 0.1) is 24.7 Å². The molecule has 10 nitrogen and oxygen atoms in total. The molecule has 0 fully saturated rings. The van der Waals surface area contributed by atoms with Crippen molar-refractivity contribution in [2.45, 2.75) is 6.61 Å². The van der Waals surface area contributed by atoms with Crippen LogP contribution in [0.2, 0.25) is 0 Å². The second-order valence-electron chi connectivity index (χ2n) is 7.43. The van der Waals surface area contributed by atoms with Gasteiger partial charge in [-0.05, 0) is 53.6 Å². The molecule has 0 unspecified atom stereocenters. The van der Waals surface area contributed by atoms with Crippen LogP contribution in [0.25, 0.3) is 6.08 Å². The quantitative estimate of drug-likeness (QED) is 0.121. The number of anilines is 1. The maximum atomic E-state index is 12.7. The standard InChI is InChI=1S/C26H20BrN3O7/c1-35-23-12-18(22(27)13-24(23)37-15-16-4-3-5-21(10-16)30(33)34)11-19(14-28)25(31)29-20-8-6-17(7-9-20)26(32)36-2/h3-13H,15H2,1-2H3,(H,29,31)/b19-11+. The van der Waals surface area contributed by atoms with Gasteiger partial charge in [0.15, 0.2) is 11.5 Å². The lowest BCUT2D eigenvalue weighted by Gasteiger charge is -2.13. The number of esters is 1. The maximum absolute atomic E-state index is 12.7. The number of carbonyl (C=O) groups excluding carboxylic acids is 2. The number of amides is 1. The molecule has 0 bridgehead atoms. The predicted octanol–water partition coefficient (Wildman–Crippen LogP) is 5.28. The second-order valence-corrected chi connectivity index (χ2v) is 8.29. The molecule has 0 aliphatic carbocycles. The number of nitriles is 1. The average Bonchev–Trinajstić information content (AvgIpc) is 2.91. The van der Waals surface area contributed by atoms with Gasteiger partial charge in [0, 0.05) is 22.3 Å². The molecule has 11 heteroatoms. The van der Waals surface area contributed by atoms with E-state index in [9.17, 15) is 25.0 Å². The first kappa shape index (κ1) is 26.9. The average molecular weight is 566 g/mol. The van der Waals surface area contributed by atoms with Crippen LogP contribution < -0.4 is 14.8 Å². The fraction of sp³-hybridized carbons (Fsp3) is 0.115. The lowest BCUT2D eigenvalue weighted by atomic mass is 10.1. The summed E-state index contributed by atoms with van der Waals surface area (Å²) in [5.41, 5.74) is 1.56. The van der Waals surface area contributed by atoms with E-state index < -0.39 is 16.8 Å². The number of nitro groups is 1. The molecule has 0 aliphatic rings. The first-order valence-corrected chi connectivity index (χ1v) is 11.4. The number of ether oxygens (including phenoxy) is 3. The van der Waals surface area contributed by atoms with Crippen LogP contribution in [0.4, 0.5) is 11.4 Å². The lowest BCUT2D eigenvalue weighted by Crippen LogP contribution is -2.13. The van der Waals surface area contributed by atoms with Gasteiger partial charge in [-0.15, -0.1) is 0 Å². The summed E-state index contributed by atoms with van der Waals surface area (Å²) in [6.07, 6.45) is 1.38. The highest BCUT2D eigenvalue weighted by Gasteiger charge is 2.15. The number of nitro benzene ring substituents is 1. The smallest absolute Gasteiger partial charge is 0.337 e. The molecule has 0 spiro atoms. The molecular formula is C26H20BrN3O7. The number of hydrogen-bond acceptors (Lipinski definition) is 8. The van der Waals surface area contributed by atoms with Crippen molar-refractivity contribution in [1.82, 2.24) is 0 Å². The summed E-state index contributed by atoms with van der Waals surface area (Å²) in [4.78, 5) is 34.7. The zero-order chi connectivity index (χ0) is 26.9. The summed E-state index contributed by atoms with van der Waals surface area (Å²) in [5, 5.41) is 23.2. The number of non-ortho nitro benzene ring substituents is 1. The molecule has 3 aromatic carbocycles. The second kappa shape index (κ2) is 12.3. The van der Waals surface area contributed by atoms with Crippen molar-refractivity contribution < 1.29 is 28.7 Å². The Balaban J connectivity index is 1.78. The van der Waals surface area contributed by atoms with Crippen molar-refractivity contribution in [1.29, 1.82) is 5.26 Å². The SMILES string of the molecule is COC(=O)c1ccc(NC(=O)/C(C#N)=C/c2cc(OC)c(OCc3cccc([N+](=O)[O-])c3)cc2Br)cc1. The Morgan fingerprint density at radius 3 is 2.46 bits per heavy atom. The zero-order valence-electron chi connectivity index (χ0n) is 19.7. The minimum Gasteiger partial charge on any atom is -0.493 e. The first-order chi connectivity index (χ1) is 17.7. The van der Waals surface area contributed by atoms with E-state index in [4.69, 9.17) is 9.47 Å². The third-order valence-corrected chi connectivity index (χ3v) is 5.71. The molecule has 1 amide bonds. The van der Waals surface area contributed by atoms with Gasteiger partial charge in [-0.2, -0.15) is 5.26 Å². The van der Waals surface area contributed by atoms with Gasteiger partial charge in [0.25, 0.3) is 11.6 Å². The molecule has 37 heavy (non-hydrogen) atoms. The van der Waals surface area contributed by atoms with E-state index in [0.717, 1.165) is 0 Å². The summed E-state index contributed by atoms with van der Waals surface area (Å²) in [5.74, 6) is -0.473. The minimum atomic E-state index is -0.648. The van der Waals surface area contributed by atoms with Crippen LogP contribution in [0.5, 0.6) is 11.5 Å². The number of nitrogens with zero attached hydrogens (tertiary/aromatic N) is 2. The number of hydrogen-bond donors (Lipinski definition) is 1. The summed E-state index contributed by atoms with van der Waals surface area (Å²) in [7, 11) is 2.71. The Labute approximate surface area is 220 Å².